The SMILES string of the molecule is Cc1sc2cc(OCCNCC(O)c3ccc(Cl)c(CNS(=O)O)c3)ccc2c1C. The average molecular weight is 469 g/mol. The number of aliphatic hydroxyl groups excluding tert-OH is 1. The van der Waals surface area contributed by atoms with E-state index < -0.39 is 17.4 Å². The molecule has 0 spiro atoms. The first-order chi connectivity index (χ1) is 14.3. The van der Waals surface area contributed by atoms with Gasteiger partial charge in [0.25, 0.3) is 0 Å². The summed E-state index contributed by atoms with van der Waals surface area (Å²) in [7, 11) is 0. The number of halogens is 1. The fourth-order valence-corrected chi connectivity index (χ4v) is 4.65. The third-order valence-electron chi connectivity index (χ3n) is 4.87. The molecule has 0 aliphatic heterocycles. The van der Waals surface area contributed by atoms with Gasteiger partial charge in [-0.3, -0.25) is 4.55 Å². The van der Waals surface area contributed by atoms with E-state index in [1.165, 1.54) is 20.5 Å². The smallest absolute Gasteiger partial charge is 0.232 e. The van der Waals surface area contributed by atoms with Gasteiger partial charge in [0.2, 0.25) is 11.3 Å². The minimum absolute atomic E-state index is 0.136. The molecule has 4 N–H and O–H groups in total. The van der Waals surface area contributed by atoms with E-state index in [2.05, 4.69) is 36.0 Å². The topological polar surface area (TPSA) is 90.8 Å². The van der Waals surface area contributed by atoms with E-state index >= 15 is 0 Å². The van der Waals surface area contributed by atoms with E-state index in [0.717, 1.165) is 5.75 Å². The summed E-state index contributed by atoms with van der Waals surface area (Å²) in [6, 6.07) is 11.3. The van der Waals surface area contributed by atoms with Crippen LogP contribution in [0.25, 0.3) is 10.1 Å². The molecule has 30 heavy (non-hydrogen) atoms. The van der Waals surface area contributed by atoms with Crippen LogP contribution in [0.1, 0.15) is 27.7 Å². The summed E-state index contributed by atoms with van der Waals surface area (Å²) in [4.78, 5) is 1.32. The van der Waals surface area contributed by atoms with Gasteiger partial charge in [-0.05, 0) is 60.2 Å². The van der Waals surface area contributed by atoms with Crippen LogP contribution in [0.4, 0.5) is 0 Å². The molecular weight excluding hydrogens is 444 g/mol. The van der Waals surface area contributed by atoms with E-state index in [1.807, 2.05) is 6.07 Å². The minimum Gasteiger partial charge on any atom is -0.492 e. The summed E-state index contributed by atoms with van der Waals surface area (Å²) in [5, 5.41) is 15.3. The van der Waals surface area contributed by atoms with Gasteiger partial charge >= 0.3 is 0 Å². The van der Waals surface area contributed by atoms with Gasteiger partial charge in [-0.1, -0.05) is 23.7 Å². The highest BCUT2D eigenvalue weighted by Gasteiger charge is 2.11. The number of aliphatic hydroxyl groups is 1. The van der Waals surface area contributed by atoms with Crippen LogP contribution in [0.5, 0.6) is 5.75 Å². The Kier molecular flexibility index (Phi) is 8.24. The average Bonchev–Trinajstić information content (AvgIpc) is 3.00. The monoisotopic (exact) mass is 468 g/mol. The highest BCUT2D eigenvalue weighted by atomic mass is 35.5. The summed E-state index contributed by atoms with van der Waals surface area (Å²) in [5.41, 5.74) is 2.65. The molecule has 0 saturated carbocycles. The van der Waals surface area contributed by atoms with E-state index in [1.54, 1.807) is 29.5 Å². The second-order valence-corrected chi connectivity index (χ2v) is 9.38. The van der Waals surface area contributed by atoms with Crippen molar-refractivity contribution < 1.29 is 18.6 Å². The molecule has 0 aliphatic rings. The van der Waals surface area contributed by atoms with Gasteiger partial charge in [0.15, 0.2) is 0 Å². The molecule has 0 amide bonds. The normalized spacial score (nSPS) is 13.5. The van der Waals surface area contributed by atoms with Crippen LogP contribution in [0.3, 0.4) is 0 Å². The molecule has 3 rings (SSSR count). The van der Waals surface area contributed by atoms with Crippen LogP contribution in [0.2, 0.25) is 5.02 Å². The van der Waals surface area contributed by atoms with Gasteiger partial charge in [-0.15, -0.1) is 11.3 Å². The Balaban J connectivity index is 1.46. The third kappa shape index (κ3) is 6.01. The van der Waals surface area contributed by atoms with Crippen LogP contribution in [0, 0.1) is 13.8 Å². The lowest BCUT2D eigenvalue weighted by molar-refractivity contribution is 0.172. The lowest BCUT2D eigenvalue weighted by Gasteiger charge is -2.15. The highest BCUT2D eigenvalue weighted by Crippen LogP contribution is 2.32. The molecule has 9 heteroatoms. The van der Waals surface area contributed by atoms with Crippen molar-refractivity contribution in [1.82, 2.24) is 10.0 Å². The van der Waals surface area contributed by atoms with Crippen molar-refractivity contribution in [3.05, 3.63) is 63.0 Å². The first kappa shape index (κ1) is 23.1. The number of hydrogen-bond acceptors (Lipinski definition) is 5. The molecule has 0 radical (unpaired) electrons. The van der Waals surface area contributed by atoms with Crippen LogP contribution in [-0.4, -0.2) is 33.6 Å². The summed E-state index contributed by atoms with van der Waals surface area (Å²) >= 11 is 5.75. The largest absolute Gasteiger partial charge is 0.492 e. The number of ether oxygens (including phenoxy) is 1. The number of benzene rings is 2. The molecule has 0 aliphatic carbocycles. The number of thiophene rings is 1. The fraction of sp³-hybridized carbons (Fsp3) is 0.333. The Bertz CT molecular complexity index is 1040. The molecule has 2 aromatic carbocycles. The Morgan fingerprint density at radius 1 is 1.23 bits per heavy atom. The van der Waals surface area contributed by atoms with Crippen LogP contribution >= 0.6 is 22.9 Å². The van der Waals surface area contributed by atoms with Crippen molar-refractivity contribution in [2.45, 2.75) is 26.5 Å². The van der Waals surface area contributed by atoms with Crippen molar-refractivity contribution >= 4 is 44.3 Å². The number of fused-ring (bicyclic) bond motifs is 1. The lowest BCUT2D eigenvalue weighted by Crippen LogP contribution is -2.26. The molecule has 0 bridgehead atoms. The maximum atomic E-state index is 10.8. The second kappa shape index (κ2) is 10.7. The third-order valence-corrected chi connectivity index (χ3v) is 6.80. The van der Waals surface area contributed by atoms with E-state index in [4.69, 9.17) is 20.9 Å². The lowest BCUT2D eigenvalue weighted by atomic mass is 10.1. The van der Waals surface area contributed by atoms with Gasteiger partial charge in [0, 0.05) is 34.2 Å². The molecule has 0 fully saturated rings. The molecule has 0 saturated heterocycles. The van der Waals surface area contributed by atoms with Crippen LogP contribution in [-0.2, 0) is 17.8 Å². The van der Waals surface area contributed by atoms with Crippen molar-refractivity contribution in [2.75, 3.05) is 19.7 Å². The predicted octanol–water partition coefficient (Wildman–Crippen LogP) is 4.10. The zero-order valence-electron chi connectivity index (χ0n) is 16.8. The summed E-state index contributed by atoms with van der Waals surface area (Å²) in [6.45, 7) is 5.83. The zero-order chi connectivity index (χ0) is 21.7. The van der Waals surface area contributed by atoms with Crippen molar-refractivity contribution in [3.63, 3.8) is 0 Å². The second-order valence-electron chi connectivity index (χ2n) is 6.93. The summed E-state index contributed by atoms with van der Waals surface area (Å²) in [6.07, 6.45) is -0.728. The van der Waals surface area contributed by atoms with Crippen LogP contribution < -0.4 is 14.8 Å². The number of rotatable bonds is 10. The quantitative estimate of drug-likeness (QED) is 0.265. The van der Waals surface area contributed by atoms with Gasteiger partial charge in [-0.25, -0.2) is 8.93 Å². The first-order valence-corrected chi connectivity index (χ1v) is 11.8. The Hall–Kier alpha value is -1.52. The van der Waals surface area contributed by atoms with Gasteiger partial charge < -0.3 is 15.2 Å². The van der Waals surface area contributed by atoms with E-state index in [9.17, 15) is 9.32 Å². The zero-order valence-corrected chi connectivity index (χ0v) is 19.2. The van der Waals surface area contributed by atoms with Crippen molar-refractivity contribution in [1.29, 1.82) is 0 Å². The molecule has 3 aromatic rings. The minimum atomic E-state index is -2.12. The van der Waals surface area contributed by atoms with Crippen molar-refractivity contribution in [3.8, 4) is 5.75 Å². The molecule has 1 aromatic heterocycles. The standard InChI is InChI=1S/C21H25ClN2O4S2/c1-13-14(2)29-21-10-17(4-5-18(13)21)28-8-7-23-12-20(25)15-3-6-19(22)16(9-15)11-24-30(26)27/h3-6,9-10,20,23-25H,7-8,11-12H2,1-2H3,(H,26,27). The van der Waals surface area contributed by atoms with Crippen molar-refractivity contribution in [2.24, 2.45) is 0 Å². The van der Waals surface area contributed by atoms with Gasteiger partial charge in [-0.2, -0.15) is 0 Å². The first-order valence-electron chi connectivity index (χ1n) is 9.49. The predicted molar refractivity (Wildman–Crippen MR) is 124 cm³/mol. The van der Waals surface area contributed by atoms with Gasteiger partial charge in [0.05, 0.1) is 6.10 Å². The molecule has 2 unspecified atom stereocenters. The maximum Gasteiger partial charge on any atom is 0.232 e. The van der Waals surface area contributed by atoms with Crippen LogP contribution in [0.15, 0.2) is 36.4 Å². The van der Waals surface area contributed by atoms with E-state index in [0.29, 0.717) is 35.8 Å². The fourth-order valence-electron chi connectivity index (χ4n) is 3.09. The maximum absolute atomic E-state index is 10.8. The number of aryl methyl sites for hydroxylation is 2. The Labute approximate surface area is 187 Å². The molecule has 1 heterocycles. The van der Waals surface area contributed by atoms with E-state index in [-0.39, 0.29) is 6.54 Å². The Morgan fingerprint density at radius 2 is 2.03 bits per heavy atom. The number of nitrogens with one attached hydrogen (secondary N) is 2. The number of hydrogen-bond donors (Lipinski definition) is 4. The molecular formula is C21H25ClN2O4S2. The molecule has 6 nitrogen and oxygen atoms in total. The summed E-state index contributed by atoms with van der Waals surface area (Å²) in [5.74, 6) is 0.835. The van der Waals surface area contributed by atoms with Gasteiger partial charge in [0.1, 0.15) is 12.4 Å². The highest BCUT2D eigenvalue weighted by molar-refractivity contribution is 7.77. The Morgan fingerprint density at radius 3 is 2.80 bits per heavy atom. The molecule has 162 valence electrons. The summed E-state index contributed by atoms with van der Waals surface area (Å²) < 4.78 is 29.1. The molecule has 2 atom stereocenters.